The van der Waals surface area contributed by atoms with Gasteiger partial charge in [-0.2, -0.15) is 0 Å². The minimum atomic E-state index is -0.161. The fraction of sp³-hybridized carbons (Fsp3) is 0.111. The molecule has 0 amide bonds. The molecular weight excluding hydrogens is 693 g/mol. The Kier molecular flexibility index (Phi) is 8.72. The number of para-hydroxylation sites is 2. The molecular formula is C54H44N2O. The number of hydrogen-bond acceptors (Lipinski definition) is 3. The normalized spacial score (nSPS) is 13.7. The van der Waals surface area contributed by atoms with E-state index in [1.54, 1.807) is 0 Å². The maximum Gasteiger partial charge on any atom is 0.129 e. The highest BCUT2D eigenvalue weighted by Crippen LogP contribution is 2.57. The van der Waals surface area contributed by atoms with Gasteiger partial charge in [-0.3, -0.25) is 0 Å². The molecule has 0 atom stereocenters. The third-order valence-electron chi connectivity index (χ3n) is 11.8. The molecule has 0 aromatic heterocycles. The smallest absolute Gasteiger partial charge is 0.129 e. The molecule has 8 aromatic carbocycles. The van der Waals surface area contributed by atoms with Gasteiger partial charge >= 0.3 is 0 Å². The summed E-state index contributed by atoms with van der Waals surface area (Å²) < 4.78 is 6.49. The lowest BCUT2D eigenvalue weighted by molar-refractivity contribution is 0.483. The highest BCUT2D eigenvalue weighted by atomic mass is 16.5. The van der Waals surface area contributed by atoms with Crippen molar-refractivity contribution in [1.29, 1.82) is 0 Å². The van der Waals surface area contributed by atoms with Gasteiger partial charge in [0.1, 0.15) is 11.5 Å². The van der Waals surface area contributed by atoms with Gasteiger partial charge in [-0.15, -0.1) is 0 Å². The predicted octanol–water partition coefficient (Wildman–Crippen LogP) is 14.7. The van der Waals surface area contributed by atoms with Crippen molar-refractivity contribution < 1.29 is 4.74 Å². The zero-order valence-corrected chi connectivity index (χ0v) is 32.4. The zero-order chi connectivity index (χ0) is 38.3. The molecule has 276 valence electrons. The van der Waals surface area contributed by atoms with E-state index in [-0.39, 0.29) is 5.41 Å². The Balaban J connectivity index is 1.26. The molecule has 0 spiro atoms. The van der Waals surface area contributed by atoms with Crippen molar-refractivity contribution >= 4 is 28.4 Å². The van der Waals surface area contributed by atoms with Crippen molar-refractivity contribution in [1.82, 2.24) is 0 Å². The summed E-state index contributed by atoms with van der Waals surface area (Å²) in [6, 6.07) is 69.8. The molecule has 0 saturated carbocycles. The monoisotopic (exact) mass is 736 g/mol. The summed E-state index contributed by atoms with van der Waals surface area (Å²) in [5, 5.41) is 0. The first-order valence-corrected chi connectivity index (χ1v) is 20.1. The SMILES string of the molecule is CC1(C)c2ccccc2-c2c1ccc(N(c1cccc(Oc3ccccc3)c1)c1cccc(-c3ccccc3)c1)c2-c1cccc2c1CCCN2c1ccccc1. The number of anilines is 5. The predicted molar refractivity (Wildman–Crippen MR) is 238 cm³/mol. The molecule has 0 radical (unpaired) electrons. The highest BCUT2D eigenvalue weighted by molar-refractivity contribution is 6.03. The van der Waals surface area contributed by atoms with Gasteiger partial charge < -0.3 is 14.5 Å². The Labute approximate surface area is 336 Å². The fourth-order valence-corrected chi connectivity index (χ4v) is 9.17. The topological polar surface area (TPSA) is 15.7 Å². The van der Waals surface area contributed by atoms with E-state index in [0.29, 0.717) is 0 Å². The average Bonchev–Trinajstić information content (AvgIpc) is 3.50. The maximum absolute atomic E-state index is 6.49. The van der Waals surface area contributed by atoms with Crippen molar-refractivity contribution in [2.45, 2.75) is 32.1 Å². The van der Waals surface area contributed by atoms with Crippen LogP contribution in [0.3, 0.4) is 0 Å². The zero-order valence-electron chi connectivity index (χ0n) is 32.4. The van der Waals surface area contributed by atoms with Crippen LogP contribution in [0.5, 0.6) is 11.5 Å². The standard InChI is InChI=1S/C54H44N2O/c1-54(2)48-31-13-12-28-47(48)52-49(54)33-34-51(53(52)46-29-16-32-50-45(46)30-17-35-55(50)40-21-8-4-9-22-40)56(41-23-14-20-39(36-41)38-18-6-3-7-19-38)42-24-15-27-44(37-42)57-43-25-10-5-11-26-43/h3-16,18-29,31-34,36-37H,17,30,35H2,1-2H3. The van der Waals surface area contributed by atoms with E-state index < -0.39 is 0 Å². The molecule has 0 unspecified atom stereocenters. The number of rotatable bonds is 8. The van der Waals surface area contributed by atoms with Crippen molar-refractivity contribution in [3.05, 3.63) is 211 Å². The number of hydrogen-bond donors (Lipinski definition) is 0. The van der Waals surface area contributed by atoms with Gasteiger partial charge in [-0.25, -0.2) is 0 Å². The molecule has 10 rings (SSSR count). The van der Waals surface area contributed by atoms with Crippen LogP contribution in [0.2, 0.25) is 0 Å². The minimum Gasteiger partial charge on any atom is -0.457 e. The fourth-order valence-electron chi connectivity index (χ4n) is 9.17. The second kappa shape index (κ2) is 14.3. The lowest BCUT2D eigenvalue weighted by Crippen LogP contribution is -2.25. The molecule has 8 aromatic rings. The Hall–Kier alpha value is -6.84. The molecule has 0 fully saturated rings. The molecule has 57 heavy (non-hydrogen) atoms. The highest BCUT2D eigenvalue weighted by Gasteiger charge is 2.39. The third kappa shape index (κ3) is 6.17. The van der Waals surface area contributed by atoms with Crippen LogP contribution >= 0.6 is 0 Å². The van der Waals surface area contributed by atoms with E-state index in [2.05, 4.69) is 181 Å². The largest absolute Gasteiger partial charge is 0.457 e. The average molecular weight is 737 g/mol. The van der Waals surface area contributed by atoms with Gasteiger partial charge in [0, 0.05) is 46.3 Å². The van der Waals surface area contributed by atoms with E-state index in [1.165, 1.54) is 61.4 Å². The van der Waals surface area contributed by atoms with Crippen LogP contribution in [0.15, 0.2) is 194 Å². The Bertz CT molecular complexity index is 2720. The van der Waals surface area contributed by atoms with Crippen molar-refractivity contribution in [2.24, 2.45) is 0 Å². The summed E-state index contributed by atoms with van der Waals surface area (Å²) in [6.45, 7) is 5.75. The molecule has 1 aliphatic heterocycles. The van der Waals surface area contributed by atoms with Gasteiger partial charge in [0.25, 0.3) is 0 Å². The number of fused-ring (bicyclic) bond motifs is 4. The first-order chi connectivity index (χ1) is 28.0. The number of benzene rings is 8. The number of nitrogens with zero attached hydrogens (tertiary/aromatic N) is 2. The van der Waals surface area contributed by atoms with Gasteiger partial charge in [-0.1, -0.05) is 141 Å². The third-order valence-corrected chi connectivity index (χ3v) is 11.8. The van der Waals surface area contributed by atoms with Crippen LogP contribution in [0.4, 0.5) is 28.4 Å². The van der Waals surface area contributed by atoms with Gasteiger partial charge in [0.15, 0.2) is 0 Å². The molecule has 1 aliphatic carbocycles. The second-order valence-corrected chi connectivity index (χ2v) is 15.6. The van der Waals surface area contributed by atoms with Crippen molar-refractivity contribution in [3.8, 4) is 44.9 Å². The lowest BCUT2D eigenvalue weighted by atomic mass is 9.81. The van der Waals surface area contributed by atoms with E-state index in [0.717, 1.165) is 47.9 Å². The molecule has 1 heterocycles. The van der Waals surface area contributed by atoms with Crippen molar-refractivity contribution in [3.63, 3.8) is 0 Å². The van der Waals surface area contributed by atoms with Crippen LogP contribution in [-0.2, 0) is 11.8 Å². The molecule has 0 saturated heterocycles. The van der Waals surface area contributed by atoms with E-state index in [4.69, 9.17) is 4.74 Å². The van der Waals surface area contributed by atoms with Gasteiger partial charge in [0.05, 0.1) is 5.69 Å². The Morgan fingerprint density at radius 3 is 1.95 bits per heavy atom. The first kappa shape index (κ1) is 34.6. The van der Waals surface area contributed by atoms with E-state index in [9.17, 15) is 0 Å². The Morgan fingerprint density at radius 1 is 0.509 bits per heavy atom. The van der Waals surface area contributed by atoms with Crippen LogP contribution in [0.25, 0.3) is 33.4 Å². The number of ether oxygens (including phenoxy) is 1. The lowest BCUT2D eigenvalue weighted by Gasteiger charge is -2.35. The van der Waals surface area contributed by atoms with E-state index >= 15 is 0 Å². The van der Waals surface area contributed by atoms with Gasteiger partial charge in [0.2, 0.25) is 0 Å². The quantitative estimate of drug-likeness (QED) is 0.154. The minimum absolute atomic E-state index is 0.161. The molecule has 3 heteroatoms. The van der Waals surface area contributed by atoms with Crippen molar-refractivity contribution in [2.75, 3.05) is 16.3 Å². The molecule has 3 nitrogen and oxygen atoms in total. The first-order valence-electron chi connectivity index (χ1n) is 20.1. The van der Waals surface area contributed by atoms with Crippen LogP contribution in [-0.4, -0.2) is 6.54 Å². The summed E-state index contributed by atoms with van der Waals surface area (Å²) in [5.41, 5.74) is 17.2. The van der Waals surface area contributed by atoms with Crippen LogP contribution in [0, 0.1) is 0 Å². The second-order valence-electron chi connectivity index (χ2n) is 15.6. The maximum atomic E-state index is 6.49. The molecule has 0 N–H and O–H groups in total. The summed E-state index contributed by atoms with van der Waals surface area (Å²) >= 11 is 0. The van der Waals surface area contributed by atoms with Gasteiger partial charge in [-0.05, 0) is 118 Å². The molecule has 0 bridgehead atoms. The summed E-state index contributed by atoms with van der Waals surface area (Å²) in [7, 11) is 0. The summed E-state index contributed by atoms with van der Waals surface area (Å²) in [6.07, 6.45) is 2.08. The summed E-state index contributed by atoms with van der Waals surface area (Å²) in [5.74, 6) is 1.59. The van der Waals surface area contributed by atoms with E-state index in [1.807, 2.05) is 36.4 Å². The Morgan fingerprint density at radius 2 is 1.14 bits per heavy atom. The summed E-state index contributed by atoms with van der Waals surface area (Å²) in [4.78, 5) is 4.96. The van der Waals surface area contributed by atoms with Crippen LogP contribution < -0.4 is 14.5 Å². The van der Waals surface area contributed by atoms with Crippen LogP contribution in [0.1, 0.15) is 37.0 Å². The molecule has 2 aliphatic rings.